The number of nitrogens with zero attached hydrogens (tertiary/aromatic N) is 1. The van der Waals surface area contributed by atoms with Crippen molar-refractivity contribution in [3.05, 3.63) is 40.3 Å². The van der Waals surface area contributed by atoms with Crippen LogP contribution in [0.25, 0.3) is 11.0 Å². The van der Waals surface area contributed by atoms with Gasteiger partial charge in [0.15, 0.2) is 5.69 Å². The minimum absolute atomic E-state index is 0.180. The lowest BCUT2D eigenvalue weighted by Crippen LogP contribution is -2.36. The Morgan fingerprint density at radius 3 is 2.65 bits per heavy atom. The molecule has 2 aromatic rings. The maximum atomic E-state index is 11.8. The first-order valence-corrected chi connectivity index (χ1v) is 6.09. The second kappa shape index (κ2) is 5.96. The van der Waals surface area contributed by atoms with Gasteiger partial charge in [-0.1, -0.05) is 12.1 Å². The molecular formula is C13H14N4O3. The number of fused-ring (bicyclic) bond motifs is 1. The number of H-pyrrole nitrogens is 1. The van der Waals surface area contributed by atoms with Crippen LogP contribution in [0.5, 0.6) is 0 Å². The zero-order chi connectivity index (χ0) is 14.5. The first-order valence-electron chi connectivity index (χ1n) is 6.09. The van der Waals surface area contributed by atoms with Crippen LogP contribution in [0.4, 0.5) is 0 Å². The van der Waals surface area contributed by atoms with Crippen molar-refractivity contribution in [1.82, 2.24) is 20.6 Å². The van der Waals surface area contributed by atoms with Gasteiger partial charge >= 0.3 is 0 Å². The molecule has 7 nitrogen and oxygen atoms in total. The van der Waals surface area contributed by atoms with Gasteiger partial charge in [-0.15, -0.1) is 0 Å². The number of rotatable bonds is 4. The molecule has 0 aliphatic heterocycles. The average Bonchev–Trinajstić information content (AvgIpc) is 2.42. The number of aromatic nitrogens is 2. The fraction of sp³-hybridized carbons (Fsp3) is 0.231. The van der Waals surface area contributed by atoms with E-state index < -0.39 is 11.5 Å². The summed E-state index contributed by atoms with van der Waals surface area (Å²) in [6.07, 6.45) is 0. The van der Waals surface area contributed by atoms with Crippen LogP contribution in [0.3, 0.4) is 0 Å². The Hall–Kier alpha value is -2.70. The Morgan fingerprint density at radius 1 is 1.20 bits per heavy atom. The molecule has 0 spiro atoms. The highest BCUT2D eigenvalue weighted by atomic mass is 16.2. The first-order chi connectivity index (χ1) is 9.58. The van der Waals surface area contributed by atoms with E-state index in [2.05, 4.69) is 20.6 Å². The molecule has 0 radical (unpaired) electrons. The summed E-state index contributed by atoms with van der Waals surface area (Å²) in [7, 11) is 0. The maximum absolute atomic E-state index is 11.8. The summed E-state index contributed by atoms with van der Waals surface area (Å²) in [4.78, 5) is 40.9. The SMILES string of the molecule is CC(=O)NCCNC(=O)c1nc2ccccc2[nH]c1=O. The number of aromatic amines is 1. The van der Waals surface area contributed by atoms with Crippen molar-refractivity contribution in [3.63, 3.8) is 0 Å². The van der Waals surface area contributed by atoms with Gasteiger partial charge in [0.1, 0.15) is 0 Å². The van der Waals surface area contributed by atoms with E-state index >= 15 is 0 Å². The van der Waals surface area contributed by atoms with Crippen LogP contribution >= 0.6 is 0 Å². The smallest absolute Gasteiger partial charge is 0.280 e. The highest BCUT2D eigenvalue weighted by Gasteiger charge is 2.12. The van der Waals surface area contributed by atoms with Crippen molar-refractivity contribution < 1.29 is 9.59 Å². The molecule has 20 heavy (non-hydrogen) atoms. The molecule has 3 N–H and O–H groups in total. The van der Waals surface area contributed by atoms with E-state index in [4.69, 9.17) is 0 Å². The predicted molar refractivity (Wildman–Crippen MR) is 73.4 cm³/mol. The van der Waals surface area contributed by atoms with Crippen molar-refractivity contribution >= 4 is 22.8 Å². The van der Waals surface area contributed by atoms with E-state index in [0.29, 0.717) is 17.6 Å². The van der Waals surface area contributed by atoms with Gasteiger partial charge < -0.3 is 15.6 Å². The minimum atomic E-state index is -0.567. The van der Waals surface area contributed by atoms with Crippen LogP contribution in [0, 0.1) is 0 Å². The van der Waals surface area contributed by atoms with E-state index in [-0.39, 0.29) is 18.1 Å². The molecule has 104 valence electrons. The Bertz CT molecular complexity index is 708. The van der Waals surface area contributed by atoms with E-state index in [1.54, 1.807) is 24.3 Å². The van der Waals surface area contributed by atoms with Crippen molar-refractivity contribution in [3.8, 4) is 0 Å². The lowest BCUT2D eigenvalue weighted by atomic mass is 10.3. The number of hydrogen-bond donors (Lipinski definition) is 3. The van der Waals surface area contributed by atoms with Crippen molar-refractivity contribution in [2.45, 2.75) is 6.92 Å². The van der Waals surface area contributed by atoms with Crippen LogP contribution in [0.15, 0.2) is 29.1 Å². The lowest BCUT2D eigenvalue weighted by molar-refractivity contribution is -0.118. The van der Waals surface area contributed by atoms with Gasteiger partial charge in [-0.25, -0.2) is 4.98 Å². The predicted octanol–water partition coefficient (Wildman–Crippen LogP) is -0.211. The van der Waals surface area contributed by atoms with Gasteiger partial charge in [0.2, 0.25) is 5.91 Å². The van der Waals surface area contributed by atoms with Crippen molar-refractivity contribution in [1.29, 1.82) is 0 Å². The number of carbonyl (C=O) groups is 2. The molecular weight excluding hydrogens is 260 g/mol. The Kier molecular flexibility index (Phi) is 4.09. The fourth-order valence-corrected chi connectivity index (χ4v) is 1.68. The van der Waals surface area contributed by atoms with Gasteiger partial charge in [-0.05, 0) is 12.1 Å². The topological polar surface area (TPSA) is 104 Å². The monoisotopic (exact) mass is 274 g/mol. The van der Waals surface area contributed by atoms with Crippen LogP contribution in [-0.2, 0) is 4.79 Å². The first kappa shape index (κ1) is 13.7. The van der Waals surface area contributed by atoms with Crippen LogP contribution < -0.4 is 16.2 Å². The van der Waals surface area contributed by atoms with Crippen LogP contribution in [0.1, 0.15) is 17.4 Å². The molecule has 2 amide bonds. The molecule has 0 saturated heterocycles. The normalized spacial score (nSPS) is 10.2. The quantitative estimate of drug-likeness (QED) is 0.671. The number of para-hydroxylation sites is 2. The summed E-state index contributed by atoms with van der Waals surface area (Å²) >= 11 is 0. The van der Waals surface area contributed by atoms with Crippen molar-refractivity contribution in [2.75, 3.05) is 13.1 Å². The van der Waals surface area contributed by atoms with Gasteiger partial charge in [-0.2, -0.15) is 0 Å². The van der Waals surface area contributed by atoms with Crippen LogP contribution in [-0.4, -0.2) is 34.9 Å². The van der Waals surface area contributed by atoms with E-state index in [0.717, 1.165) is 0 Å². The van der Waals surface area contributed by atoms with Gasteiger partial charge in [0.25, 0.3) is 11.5 Å². The zero-order valence-electron chi connectivity index (χ0n) is 10.9. The molecule has 1 heterocycles. The summed E-state index contributed by atoms with van der Waals surface area (Å²) < 4.78 is 0. The summed E-state index contributed by atoms with van der Waals surface area (Å²) in [5, 5.41) is 5.06. The molecule has 0 unspecified atom stereocenters. The number of nitrogens with one attached hydrogen (secondary N) is 3. The molecule has 1 aromatic carbocycles. The highest BCUT2D eigenvalue weighted by molar-refractivity contribution is 5.93. The number of amides is 2. The van der Waals surface area contributed by atoms with Gasteiger partial charge in [0.05, 0.1) is 11.0 Å². The largest absolute Gasteiger partial charge is 0.355 e. The maximum Gasteiger partial charge on any atom is 0.280 e. The Labute approximate surface area is 114 Å². The number of benzene rings is 1. The molecule has 0 aliphatic carbocycles. The summed E-state index contributed by atoms with van der Waals surface area (Å²) in [6.45, 7) is 1.91. The minimum Gasteiger partial charge on any atom is -0.355 e. The number of hydrogen-bond acceptors (Lipinski definition) is 4. The summed E-state index contributed by atoms with van der Waals surface area (Å²) in [6, 6.07) is 6.96. The second-order valence-electron chi connectivity index (χ2n) is 4.17. The lowest BCUT2D eigenvalue weighted by Gasteiger charge is -2.05. The second-order valence-corrected chi connectivity index (χ2v) is 4.17. The van der Waals surface area contributed by atoms with E-state index in [1.165, 1.54) is 6.92 Å². The third-order valence-electron chi connectivity index (χ3n) is 2.60. The number of carbonyl (C=O) groups excluding carboxylic acids is 2. The summed E-state index contributed by atoms with van der Waals surface area (Å²) in [5.41, 5.74) is 0.388. The fourth-order valence-electron chi connectivity index (χ4n) is 1.68. The standard InChI is InChI=1S/C13H14N4O3/c1-8(18)14-6-7-15-12(19)11-13(20)17-10-5-3-2-4-9(10)16-11/h2-5H,6-7H2,1H3,(H,14,18)(H,15,19)(H,17,20). The summed E-state index contributed by atoms with van der Waals surface area (Å²) in [5.74, 6) is -0.747. The Morgan fingerprint density at radius 2 is 1.90 bits per heavy atom. The molecule has 7 heteroatoms. The molecule has 0 saturated carbocycles. The molecule has 2 rings (SSSR count). The Balaban J connectivity index is 2.11. The van der Waals surface area contributed by atoms with Crippen LogP contribution in [0.2, 0.25) is 0 Å². The third-order valence-corrected chi connectivity index (χ3v) is 2.60. The molecule has 0 aliphatic rings. The molecule has 0 fully saturated rings. The molecule has 1 aromatic heterocycles. The van der Waals surface area contributed by atoms with Gasteiger partial charge in [-0.3, -0.25) is 14.4 Å². The molecule has 0 atom stereocenters. The highest BCUT2D eigenvalue weighted by Crippen LogP contribution is 2.05. The van der Waals surface area contributed by atoms with Crippen molar-refractivity contribution in [2.24, 2.45) is 0 Å². The zero-order valence-corrected chi connectivity index (χ0v) is 10.9. The van der Waals surface area contributed by atoms with Gasteiger partial charge in [0, 0.05) is 20.0 Å². The molecule has 0 bridgehead atoms. The third kappa shape index (κ3) is 3.19. The average molecular weight is 274 g/mol. The van der Waals surface area contributed by atoms with E-state index in [9.17, 15) is 14.4 Å². The van der Waals surface area contributed by atoms with E-state index in [1.807, 2.05) is 0 Å².